The van der Waals surface area contributed by atoms with E-state index in [1.807, 2.05) is 0 Å². The fourth-order valence-electron chi connectivity index (χ4n) is 2.97. The van der Waals surface area contributed by atoms with E-state index < -0.39 is 0 Å². The van der Waals surface area contributed by atoms with Crippen LogP contribution in [0, 0.1) is 3.57 Å². The van der Waals surface area contributed by atoms with Crippen LogP contribution in [0.2, 0.25) is 0 Å². The molecule has 2 aromatic rings. The van der Waals surface area contributed by atoms with Crippen molar-refractivity contribution in [1.82, 2.24) is 5.32 Å². The van der Waals surface area contributed by atoms with Crippen molar-refractivity contribution >= 4 is 28.3 Å². The van der Waals surface area contributed by atoms with Gasteiger partial charge in [-0.25, -0.2) is 0 Å². The summed E-state index contributed by atoms with van der Waals surface area (Å²) < 4.78 is 1.29. The summed E-state index contributed by atoms with van der Waals surface area (Å²) in [7, 11) is 0. The summed E-state index contributed by atoms with van der Waals surface area (Å²) in [5.74, 6) is 0. The van der Waals surface area contributed by atoms with E-state index in [9.17, 15) is 0 Å². The molecule has 1 heterocycles. The molecule has 0 bridgehead atoms. The zero-order valence-corrected chi connectivity index (χ0v) is 14.7. The molecular formula is C18H21IN2. The van der Waals surface area contributed by atoms with Gasteiger partial charge in [-0.2, -0.15) is 0 Å². The standard InChI is InChI=1S/C18H21IN2/c1-18(2)13-21(16-10-6-9-15(19)11-16)17(12-20-18)14-7-4-3-5-8-14/h3-11,17,20H,12-13H2,1-2H3. The molecule has 1 atom stereocenters. The lowest BCUT2D eigenvalue weighted by Gasteiger charge is -2.46. The van der Waals surface area contributed by atoms with Crippen molar-refractivity contribution in [3.8, 4) is 0 Å². The third-order valence-electron chi connectivity index (χ3n) is 4.04. The van der Waals surface area contributed by atoms with Crippen molar-refractivity contribution in [3.63, 3.8) is 0 Å². The minimum Gasteiger partial charge on any atom is -0.361 e. The average molecular weight is 392 g/mol. The number of rotatable bonds is 2. The molecule has 1 aliphatic heterocycles. The molecule has 0 radical (unpaired) electrons. The predicted octanol–water partition coefficient (Wildman–Crippen LogP) is 4.22. The van der Waals surface area contributed by atoms with Gasteiger partial charge in [-0.05, 0) is 60.2 Å². The molecule has 0 spiro atoms. The molecule has 0 aliphatic carbocycles. The maximum absolute atomic E-state index is 3.68. The third-order valence-corrected chi connectivity index (χ3v) is 4.71. The fourth-order valence-corrected chi connectivity index (χ4v) is 3.50. The van der Waals surface area contributed by atoms with Gasteiger partial charge in [-0.15, -0.1) is 0 Å². The number of benzene rings is 2. The maximum Gasteiger partial charge on any atom is 0.0668 e. The van der Waals surface area contributed by atoms with Gasteiger partial charge < -0.3 is 10.2 Å². The zero-order valence-electron chi connectivity index (χ0n) is 12.5. The second kappa shape index (κ2) is 5.97. The highest BCUT2D eigenvalue weighted by Crippen LogP contribution is 2.32. The Morgan fingerprint density at radius 1 is 1.10 bits per heavy atom. The van der Waals surface area contributed by atoms with E-state index in [4.69, 9.17) is 0 Å². The van der Waals surface area contributed by atoms with Crippen LogP contribution >= 0.6 is 22.6 Å². The van der Waals surface area contributed by atoms with E-state index in [1.54, 1.807) is 0 Å². The Kier molecular flexibility index (Phi) is 4.22. The van der Waals surface area contributed by atoms with Crippen molar-refractivity contribution in [2.75, 3.05) is 18.0 Å². The number of hydrogen-bond acceptors (Lipinski definition) is 2. The van der Waals surface area contributed by atoms with Crippen LogP contribution in [-0.4, -0.2) is 18.6 Å². The smallest absolute Gasteiger partial charge is 0.0668 e. The molecule has 1 unspecified atom stereocenters. The van der Waals surface area contributed by atoms with E-state index in [1.165, 1.54) is 14.8 Å². The van der Waals surface area contributed by atoms with Crippen LogP contribution in [0.3, 0.4) is 0 Å². The minimum atomic E-state index is 0.132. The Bertz CT molecular complexity index is 610. The first-order valence-corrected chi connectivity index (χ1v) is 8.45. The molecule has 2 aromatic carbocycles. The topological polar surface area (TPSA) is 15.3 Å². The molecule has 3 heteroatoms. The first kappa shape index (κ1) is 14.9. The highest BCUT2D eigenvalue weighted by atomic mass is 127. The van der Waals surface area contributed by atoms with Gasteiger partial charge in [0.05, 0.1) is 6.04 Å². The number of piperazine rings is 1. The van der Waals surface area contributed by atoms with E-state index in [0.717, 1.165) is 13.1 Å². The van der Waals surface area contributed by atoms with E-state index in [-0.39, 0.29) is 5.54 Å². The van der Waals surface area contributed by atoms with Crippen LogP contribution in [0.4, 0.5) is 5.69 Å². The average Bonchev–Trinajstić information content (AvgIpc) is 2.47. The van der Waals surface area contributed by atoms with Crippen molar-refractivity contribution in [2.24, 2.45) is 0 Å². The quantitative estimate of drug-likeness (QED) is 0.770. The second-order valence-electron chi connectivity index (χ2n) is 6.30. The molecule has 21 heavy (non-hydrogen) atoms. The van der Waals surface area contributed by atoms with E-state index in [0.29, 0.717) is 6.04 Å². The molecule has 1 aliphatic rings. The van der Waals surface area contributed by atoms with Crippen molar-refractivity contribution in [3.05, 3.63) is 63.7 Å². The van der Waals surface area contributed by atoms with Crippen molar-refractivity contribution < 1.29 is 0 Å². The summed E-state index contributed by atoms with van der Waals surface area (Å²) in [5.41, 5.74) is 2.82. The number of hydrogen-bond donors (Lipinski definition) is 1. The van der Waals surface area contributed by atoms with Gasteiger partial charge in [0, 0.05) is 27.9 Å². The molecule has 2 nitrogen and oxygen atoms in total. The van der Waals surface area contributed by atoms with Gasteiger partial charge in [0.25, 0.3) is 0 Å². The van der Waals surface area contributed by atoms with Crippen LogP contribution in [0.25, 0.3) is 0 Å². The lowest BCUT2D eigenvalue weighted by Crippen LogP contribution is -2.58. The normalized spacial score (nSPS) is 21.3. The van der Waals surface area contributed by atoms with Crippen molar-refractivity contribution in [2.45, 2.75) is 25.4 Å². The molecule has 1 N–H and O–H groups in total. The number of anilines is 1. The Labute approximate surface area is 140 Å². The lowest BCUT2D eigenvalue weighted by atomic mass is 9.94. The summed E-state index contributed by atoms with van der Waals surface area (Å²) in [4.78, 5) is 2.54. The maximum atomic E-state index is 3.68. The zero-order chi connectivity index (χ0) is 14.9. The molecule has 1 saturated heterocycles. The second-order valence-corrected chi connectivity index (χ2v) is 7.54. The van der Waals surface area contributed by atoms with Crippen LogP contribution in [0.5, 0.6) is 0 Å². The first-order valence-electron chi connectivity index (χ1n) is 7.37. The number of nitrogens with zero attached hydrogens (tertiary/aromatic N) is 1. The largest absolute Gasteiger partial charge is 0.361 e. The first-order chi connectivity index (χ1) is 10.1. The molecular weight excluding hydrogens is 371 g/mol. The van der Waals surface area contributed by atoms with Gasteiger partial charge in [0.15, 0.2) is 0 Å². The van der Waals surface area contributed by atoms with Gasteiger partial charge >= 0.3 is 0 Å². The monoisotopic (exact) mass is 392 g/mol. The van der Waals surface area contributed by atoms with E-state index >= 15 is 0 Å². The lowest BCUT2D eigenvalue weighted by molar-refractivity contribution is 0.312. The van der Waals surface area contributed by atoms with Gasteiger partial charge in [0.2, 0.25) is 0 Å². The number of nitrogens with one attached hydrogen (secondary N) is 1. The summed E-state index contributed by atoms with van der Waals surface area (Å²) in [6.07, 6.45) is 0. The highest BCUT2D eigenvalue weighted by Gasteiger charge is 2.33. The Morgan fingerprint density at radius 3 is 2.57 bits per heavy atom. The third kappa shape index (κ3) is 3.40. The van der Waals surface area contributed by atoms with Gasteiger partial charge in [0.1, 0.15) is 0 Å². The van der Waals surface area contributed by atoms with Crippen LogP contribution in [-0.2, 0) is 0 Å². The van der Waals surface area contributed by atoms with Crippen molar-refractivity contribution in [1.29, 1.82) is 0 Å². The fraction of sp³-hybridized carbons (Fsp3) is 0.333. The summed E-state index contributed by atoms with van der Waals surface area (Å²) >= 11 is 2.39. The van der Waals surface area contributed by atoms with Crippen LogP contribution in [0.1, 0.15) is 25.5 Å². The number of halogens is 1. The predicted molar refractivity (Wildman–Crippen MR) is 97.8 cm³/mol. The SMILES string of the molecule is CC1(C)CN(c2cccc(I)c2)C(c2ccccc2)CN1. The molecule has 1 fully saturated rings. The molecule has 110 valence electrons. The molecule has 0 amide bonds. The highest BCUT2D eigenvalue weighted by molar-refractivity contribution is 14.1. The van der Waals surface area contributed by atoms with Crippen LogP contribution < -0.4 is 10.2 Å². The molecule has 0 aromatic heterocycles. The van der Waals surface area contributed by atoms with Gasteiger partial charge in [-0.1, -0.05) is 36.4 Å². The Hall–Kier alpha value is -1.07. The summed E-state index contributed by atoms with van der Waals surface area (Å²) in [5, 5.41) is 3.68. The Balaban J connectivity index is 1.98. The van der Waals surface area contributed by atoms with Gasteiger partial charge in [-0.3, -0.25) is 0 Å². The Morgan fingerprint density at radius 2 is 1.86 bits per heavy atom. The molecule has 3 rings (SSSR count). The minimum absolute atomic E-state index is 0.132. The van der Waals surface area contributed by atoms with Crippen LogP contribution in [0.15, 0.2) is 54.6 Å². The summed E-state index contributed by atoms with van der Waals surface area (Å²) in [6, 6.07) is 20.0. The van der Waals surface area contributed by atoms with E-state index in [2.05, 4.69) is 101 Å². The molecule has 0 saturated carbocycles. The summed E-state index contributed by atoms with van der Waals surface area (Å²) in [6.45, 7) is 6.53.